The number of aliphatic imine (C=N–C) groups is 1. The van der Waals surface area contributed by atoms with E-state index in [4.69, 9.17) is 4.99 Å². The Balaban J connectivity index is 1.72. The Bertz CT molecular complexity index is 376. The Morgan fingerprint density at radius 1 is 1.04 bits per heavy atom. The minimum atomic E-state index is 0.713. The monoisotopic (exact) mass is 351 g/mol. The second kappa shape index (κ2) is 11.7. The molecule has 2 aliphatic rings. The molecule has 2 fully saturated rings. The summed E-state index contributed by atoms with van der Waals surface area (Å²) in [4.78, 5) is 10.1. The molecule has 1 unspecified atom stereocenters. The van der Waals surface area contributed by atoms with E-state index in [1.54, 1.807) is 0 Å². The minimum absolute atomic E-state index is 0.713. The molecule has 5 nitrogen and oxygen atoms in total. The molecule has 0 amide bonds. The molecule has 0 aromatic rings. The van der Waals surface area contributed by atoms with Gasteiger partial charge in [0.25, 0.3) is 0 Å². The highest BCUT2D eigenvalue weighted by Crippen LogP contribution is 2.17. The number of likely N-dealkylation sites (tertiary alicyclic amines) is 2. The van der Waals surface area contributed by atoms with Crippen LogP contribution in [0.15, 0.2) is 4.99 Å². The highest BCUT2D eigenvalue weighted by Gasteiger charge is 2.20. The molecule has 1 atom stereocenters. The molecule has 0 spiro atoms. The van der Waals surface area contributed by atoms with Crippen LogP contribution >= 0.6 is 0 Å². The normalized spacial score (nSPS) is 23.8. The lowest BCUT2D eigenvalue weighted by Gasteiger charge is -2.33. The molecular weight excluding hydrogens is 310 g/mol. The summed E-state index contributed by atoms with van der Waals surface area (Å²) in [5.74, 6) is 2.47. The van der Waals surface area contributed by atoms with Gasteiger partial charge in [0.2, 0.25) is 0 Å². The highest BCUT2D eigenvalue weighted by atomic mass is 15.2. The van der Waals surface area contributed by atoms with Crippen molar-refractivity contribution in [2.75, 3.05) is 58.9 Å². The first-order valence-electron chi connectivity index (χ1n) is 10.6. The number of hydrogen-bond donors (Lipinski definition) is 2. The van der Waals surface area contributed by atoms with Gasteiger partial charge in [-0.15, -0.1) is 0 Å². The van der Waals surface area contributed by atoms with Gasteiger partial charge in [-0.2, -0.15) is 0 Å². The van der Waals surface area contributed by atoms with Gasteiger partial charge in [0.15, 0.2) is 5.96 Å². The van der Waals surface area contributed by atoms with Crippen molar-refractivity contribution in [1.29, 1.82) is 0 Å². The van der Waals surface area contributed by atoms with E-state index in [0.717, 1.165) is 38.1 Å². The summed E-state index contributed by atoms with van der Waals surface area (Å²) < 4.78 is 0. The lowest BCUT2D eigenvalue weighted by Crippen LogP contribution is -2.43. The van der Waals surface area contributed by atoms with Crippen molar-refractivity contribution in [2.24, 2.45) is 16.8 Å². The van der Waals surface area contributed by atoms with Crippen LogP contribution in [0.2, 0.25) is 0 Å². The lowest BCUT2D eigenvalue weighted by atomic mass is 9.97. The van der Waals surface area contributed by atoms with Crippen molar-refractivity contribution < 1.29 is 0 Å². The maximum absolute atomic E-state index is 4.88. The summed E-state index contributed by atoms with van der Waals surface area (Å²) in [6.07, 6.45) is 6.78. The van der Waals surface area contributed by atoms with Crippen molar-refractivity contribution in [3.63, 3.8) is 0 Å². The molecule has 25 heavy (non-hydrogen) atoms. The number of rotatable bonds is 8. The molecule has 0 aliphatic carbocycles. The molecular formula is C20H41N5. The summed E-state index contributed by atoms with van der Waals surface area (Å²) in [7, 11) is 0. The number of piperidine rings is 2. The predicted molar refractivity (Wildman–Crippen MR) is 108 cm³/mol. The largest absolute Gasteiger partial charge is 0.357 e. The molecule has 0 aromatic heterocycles. The van der Waals surface area contributed by atoms with E-state index in [-0.39, 0.29) is 0 Å². The van der Waals surface area contributed by atoms with Crippen LogP contribution in [0.4, 0.5) is 0 Å². The molecule has 2 aliphatic heterocycles. The smallest absolute Gasteiger partial charge is 0.191 e. The van der Waals surface area contributed by atoms with Gasteiger partial charge < -0.3 is 20.4 Å². The zero-order valence-electron chi connectivity index (χ0n) is 16.9. The Morgan fingerprint density at radius 2 is 1.80 bits per heavy atom. The molecule has 5 heteroatoms. The number of hydrogen-bond acceptors (Lipinski definition) is 3. The maximum atomic E-state index is 4.88. The third-order valence-corrected chi connectivity index (χ3v) is 5.25. The number of nitrogens with one attached hydrogen (secondary N) is 2. The van der Waals surface area contributed by atoms with E-state index in [1.165, 1.54) is 64.8 Å². The molecule has 146 valence electrons. The Labute approximate surface area is 155 Å². The van der Waals surface area contributed by atoms with E-state index in [1.807, 2.05) is 0 Å². The van der Waals surface area contributed by atoms with Gasteiger partial charge in [0.05, 0.1) is 0 Å². The zero-order chi connectivity index (χ0) is 17.9. The van der Waals surface area contributed by atoms with Gasteiger partial charge >= 0.3 is 0 Å². The summed E-state index contributed by atoms with van der Waals surface area (Å²) in [5, 5.41) is 6.94. The first kappa shape index (κ1) is 20.5. The second-order valence-corrected chi connectivity index (χ2v) is 8.21. The minimum Gasteiger partial charge on any atom is -0.357 e. The summed E-state index contributed by atoms with van der Waals surface area (Å²) in [6.45, 7) is 17.0. The SMILES string of the molecule is CCNC(=NCC1CCCN(CC(C)C)C1)NCCN1CCCCC1. The summed E-state index contributed by atoms with van der Waals surface area (Å²) in [5.41, 5.74) is 0. The molecule has 2 heterocycles. The second-order valence-electron chi connectivity index (χ2n) is 8.21. The molecule has 0 aromatic carbocycles. The van der Waals surface area contributed by atoms with Crippen LogP contribution < -0.4 is 10.6 Å². The van der Waals surface area contributed by atoms with E-state index in [2.05, 4.69) is 41.2 Å². The van der Waals surface area contributed by atoms with E-state index in [9.17, 15) is 0 Å². The van der Waals surface area contributed by atoms with Crippen molar-refractivity contribution in [1.82, 2.24) is 20.4 Å². The molecule has 0 saturated carbocycles. The average Bonchev–Trinajstić information content (AvgIpc) is 2.60. The molecule has 0 radical (unpaired) electrons. The Hall–Kier alpha value is -0.810. The molecule has 0 bridgehead atoms. The van der Waals surface area contributed by atoms with Crippen LogP contribution in [0.25, 0.3) is 0 Å². The highest BCUT2D eigenvalue weighted by molar-refractivity contribution is 5.79. The van der Waals surface area contributed by atoms with E-state index >= 15 is 0 Å². The summed E-state index contributed by atoms with van der Waals surface area (Å²) in [6, 6.07) is 0. The van der Waals surface area contributed by atoms with Crippen LogP contribution in [-0.2, 0) is 0 Å². The van der Waals surface area contributed by atoms with Gasteiger partial charge in [0.1, 0.15) is 0 Å². The van der Waals surface area contributed by atoms with Crippen LogP contribution in [-0.4, -0.2) is 74.7 Å². The fourth-order valence-corrected chi connectivity index (χ4v) is 4.06. The fraction of sp³-hybridized carbons (Fsp3) is 0.950. The molecule has 2 N–H and O–H groups in total. The van der Waals surface area contributed by atoms with E-state index < -0.39 is 0 Å². The topological polar surface area (TPSA) is 42.9 Å². The van der Waals surface area contributed by atoms with Crippen LogP contribution in [0.1, 0.15) is 52.9 Å². The van der Waals surface area contributed by atoms with Crippen LogP contribution in [0, 0.1) is 11.8 Å². The van der Waals surface area contributed by atoms with Crippen molar-refractivity contribution >= 4 is 5.96 Å². The third kappa shape index (κ3) is 8.41. The zero-order valence-corrected chi connectivity index (χ0v) is 16.9. The standard InChI is InChI=1S/C20H41N5/c1-4-21-20(22-10-14-24-11-6-5-7-12-24)23-15-19-9-8-13-25(17-19)16-18(2)3/h18-19H,4-17H2,1-3H3,(H2,21,22,23). The Morgan fingerprint density at radius 3 is 2.52 bits per heavy atom. The van der Waals surface area contributed by atoms with Gasteiger partial charge in [-0.3, -0.25) is 4.99 Å². The lowest BCUT2D eigenvalue weighted by molar-refractivity contribution is 0.162. The average molecular weight is 352 g/mol. The first-order valence-corrected chi connectivity index (χ1v) is 10.6. The quantitative estimate of drug-likeness (QED) is 0.521. The molecule has 2 saturated heterocycles. The van der Waals surface area contributed by atoms with E-state index in [0.29, 0.717) is 5.92 Å². The van der Waals surface area contributed by atoms with Gasteiger partial charge in [-0.05, 0) is 64.1 Å². The van der Waals surface area contributed by atoms with Gasteiger partial charge in [-0.1, -0.05) is 20.3 Å². The van der Waals surface area contributed by atoms with Crippen LogP contribution in [0.3, 0.4) is 0 Å². The first-order chi connectivity index (χ1) is 12.2. The van der Waals surface area contributed by atoms with Crippen LogP contribution in [0.5, 0.6) is 0 Å². The third-order valence-electron chi connectivity index (χ3n) is 5.25. The van der Waals surface area contributed by atoms with Gasteiger partial charge in [0, 0.05) is 39.3 Å². The molecule has 2 rings (SSSR count). The van der Waals surface area contributed by atoms with Crippen molar-refractivity contribution in [3.8, 4) is 0 Å². The Kier molecular flexibility index (Phi) is 9.63. The van der Waals surface area contributed by atoms with Crippen molar-refractivity contribution in [2.45, 2.75) is 52.9 Å². The predicted octanol–water partition coefficient (Wildman–Crippen LogP) is 2.40. The van der Waals surface area contributed by atoms with Gasteiger partial charge in [-0.25, -0.2) is 0 Å². The number of nitrogens with zero attached hydrogens (tertiary/aromatic N) is 3. The van der Waals surface area contributed by atoms with Crippen molar-refractivity contribution in [3.05, 3.63) is 0 Å². The summed E-state index contributed by atoms with van der Waals surface area (Å²) >= 11 is 0. The number of guanidine groups is 1. The maximum Gasteiger partial charge on any atom is 0.191 e. The fourth-order valence-electron chi connectivity index (χ4n) is 4.06.